The van der Waals surface area contributed by atoms with E-state index in [1.807, 2.05) is 44.2 Å². The monoisotopic (exact) mass is 1060 g/mol. The fourth-order valence-electron chi connectivity index (χ4n) is 8.25. The van der Waals surface area contributed by atoms with E-state index in [4.69, 9.17) is 42.6 Å². The van der Waals surface area contributed by atoms with E-state index in [1.54, 1.807) is 42.5 Å². The van der Waals surface area contributed by atoms with Crippen molar-refractivity contribution in [2.45, 2.75) is 183 Å². The van der Waals surface area contributed by atoms with Crippen LogP contribution in [0.1, 0.15) is 194 Å². The smallest absolute Gasteiger partial charge is 0.336 e. The summed E-state index contributed by atoms with van der Waals surface area (Å²) in [6.07, 6.45) is 27.9. The number of benzene rings is 4. The summed E-state index contributed by atoms with van der Waals surface area (Å²) in [5.74, 6) is 2.31. The molecule has 12 nitrogen and oxygen atoms in total. The Morgan fingerprint density at radius 2 is 0.766 bits per heavy atom. The Balaban J connectivity index is 1.50. The molecule has 0 amide bonds. The Hall–Kier alpha value is -6.17. The van der Waals surface area contributed by atoms with Gasteiger partial charge in [0, 0.05) is 23.3 Å². The Kier molecular flexibility index (Phi) is 31.6. The number of esters is 3. The molecule has 0 saturated heterocycles. The van der Waals surface area contributed by atoms with E-state index in [-0.39, 0.29) is 25.1 Å². The Labute approximate surface area is 461 Å². The highest BCUT2D eigenvalue weighted by molar-refractivity contribution is 5.93. The highest BCUT2D eigenvalue weighted by atomic mass is 16.6. The number of hydrogen-bond donors (Lipinski definition) is 0. The third-order valence-corrected chi connectivity index (χ3v) is 13.1. The summed E-state index contributed by atoms with van der Waals surface area (Å²) < 4.78 is 55.2. The SMILES string of the molecule is CCCCCCOc1ccc(/C=C/C(=O)Oc2ccc3cc(OC(=O)/C=C/c4ccc(OCCOC(=O)C(C)CC)c(OCCCCCC)c4OCCCCCC)ccc3c2)c(OCCCCCC)c1OCCCCCC. The Bertz CT molecular complexity index is 2390. The largest absolute Gasteiger partial charge is 0.490 e. The number of unbranched alkanes of at least 4 members (excludes halogenated alkanes) is 15. The molecule has 4 aromatic carbocycles. The minimum atomic E-state index is -0.582. The van der Waals surface area contributed by atoms with Crippen LogP contribution in [-0.2, 0) is 19.1 Å². The summed E-state index contributed by atoms with van der Waals surface area (Å²) in [6.45, 7) is 17.5. The van der Waals surface area contributed by atoms with Crippen molar-refractivity contribution in [3.05, 3.63) is 83.9 Å². The van der Waals surface area contributed by atoms with Gasteiger partial charge in [-0.1, -0.05) is 157 Å². The van der Waals surface area contributed by atoms with Gasteiger partial charge in [-0.25, -0.2) is 9.59 Å². The molecule has 77 heavy (non-hydrogen) atoms. The molecule has 0 aliphatic rings. The minimum Gasteiger partial charge on any atom is -0.490 e. The first-order valence-electron chi connectivity index (χ1n) is 29.3. The second-order valence-corrected chi connectivity index (χ2v) is 19.7. The third kappa shape index (κ3) is 23.9. The van der Waals surface area contributed by atoms with Crippen molar-refractivity contribution in [3.8, 4) is 46.0 Å². The predicted octanol–water partition coefficient (Wildman–Crippen LogP) is 16.8. The summed E-state index contributed by atoms with van der Waals surface area (Å²) in [4.78, 5) is 39.1. The van der Waals surface area contributed by atoms with E-state index < -0.39 is 11.9 Å². The van der Waals surface area contributed by atoms with Crippen LogP contribution in [0.25, 0.3) is 22.9 Å². The Morgan fingerprint density at radius 3 is 1.14 bits per heavy atom. The van der Waals surface area contributed by atoms with Crippen LogP contribution in [0.3, 0.4) is 0 Å². The first kappa shape index (κ1) is 63.4. The van der Waals surface area contributed by atoms with Crippen molar-refractivity contribution in [2.75, 3.05) is 46.2 Å². The van der Waals surface area contributed by atoms with Crippen LogP contribution in [-0.4, -0.2) is 64.2 Å². The number of ether oxygens (including phenoxy) is 9. The van der Waals surface area contributed by atoms with Gasteiger partial charge >= 0.3 is 17.9 Å². The van der Waals surface area contributed by atoms with Crippen molar-refractivity contribution in [3.63, 3.8) is 0 Å². The van der Waals surface area contributed by atoms with Crippen LogP contribution in [0.5, 0.6) is 46.0 Å². The normalized spacial score (nSPS) is 11.7. The lowest BCUT2D eigenvalue weighted by molar-refractivity contribution is -0.148. The van der Waals surface area contributed by atoms with E-state index in [0.717, 1.165) is 133 Å². The molecule has 4 aromatic rings. The summed E-state index contributed by atoms with van der Waals surface area (Å²) in [6, 6.07) is 18.0. The van der Waals surface area contributed by atoms with Gasteiger partial charge in [0.25, 0.3) is 0 Å². The van der Waals surface area contributed by atoms with Crippen LogP contribution >= 0.6 is 0 Å². The predicted molar refractivity (Wildman–Crippen MR) is 310 cm³/mol. The second-order valence-electron chi connectivity index (χ2n) is 19.7. The van der Waals surface area contributed by atoms with Gasteiger partial charge in [-0.05, 0) is 110 Å². The van der Waals surface area contributed by atoms with Crippen LogP contribution < -0.4 is 37.9 Å². The van der Waals surface area contributed by atoms with Crippen molar-refractivity contribution in [1.29, 1.82) is 0 Å². The molecular weight excluding hydrogens is 973 g/mol. The average Bonchev–Trinajstić information content (AvgIpc) is 3.44. The molecule has 0 radical (unpaired) electrons. The van der Waals surface area contributed by atoms with Gasteiger partial charge in [0.05, 0.1) is 39.0 Å². The molecule has 0 spiro atoms. The van der Waals surface area contributed by atoms with Gasteiger partial charge in [-0.2, -0.15) is 0 Å². The van der Waals surface area contributed by atoms with E-state index >= 15 is 0 Å². The summed E-state index contributed by atoms with van der Waals surface area (Å²) in [7, 11) is 0. The van der Waals surface area contributed by atoms with Gasteiger partial charge in [0.15, 0.2) is 23.0 Å². The van der Waals surface area contributed by atoms with E-state index in [2.05, 4.69) is 34.6 Å². The Morgan fingerprint density at radius 1 is 0.403 bits per heavy atom. The van der Waals surface area contributed by atoms with E-state index in [9.17, 15) is 14.4 Å². The first-order chi connectivity index (χ1) is 37.6. The summed E-state index contributed by atoms with van der Waals surface area (Å²) in [5.41, 5.74) is 1.33. The molecule has 1 unspecified atom stereocenters. The zero-order valence-corrected chi connectivity index (χ0v) is 47.9. The highest BCUT2D eigenvalue weighted by Crippen LogP contribution is 2.43. The quantitative estimate of drug-likeness (QED) is 0.0181. The topological polar surface area (TPSA) is 134 Å². The lowest BCUT2D eigenvalue weighted by Gasteiger charge is -2.19. The fraction of sp³-hybridized carbons (Fsp3) is 0.554. The molecule has 0 bridgehead atoms. The maximum absolute atomic E-state index is 13.4. The first-order valence-corrected chi connectivity index (χ1v) is 29.3. The van der Waals surface area contributed by atoms with E-state index in [1.165, 1.54) is 18.6 Å². The van der Waals surface area contributed by atoms with Crippen molar-refractivity contribution >= 4 is 40.8 Å². The lowest BCUT2D eigenvalue weighted by Crippen LogP contribution is -2.18. The summed E-state index contributed by atoms with van der Waals surface area (Å²) in [5, 5.41) is 1.58. The van der Waals surface area contributed by atoms with Crippen LogP contribution in [0, 0.1) is 5.92 Å². The van der Waals surface area contributed by atoms with Crippen molar-refractivity contribution in [1.82, 2.24) is 0 Å². The maximum atomic E-state index is 13.4. The van der Waals surface area contributed by atoms with Crippen molar-refractivity contribution < 1.29 is 57.0 Å². The van der Waals surface area contributed by atoms with Gasteiger partial charge in [-0.3, -0.25) is 4.79 Å². The third-order valence-electron chi connectivity index (χ3n) is 13.1. The fourth-order valence-corrected chi connectivity index (χ4v) is 8.25. The lowest BCUT2D eigenvalue weighted by atomic mass is 10.1. The number of fused-ring (bicyclic) bond motifs is 1. The van der Waals surface area contributed by atoms with Gasteiger partial charge in [0.1, 0.15) is 24.7 Å². The van der Waals surface area contributed by atoms with Gasteiger partial charge in [0.2, 0.25) is 11.5 Å². The molecule has 0 fully saturated rings. The molecule has 0 heterocycles. The van der Waals surface area contributed by atoms with E-state index in [0.29, 0.717) is 96.6 Å². The minimum absolute atomic E-state index is 0.0977. The summed E-state index contributed by atoms with van der Waals surface area (Å²) >= 11 is 0. The van der Waals surface area contributed by atoms with Crippen LogP contribution in [0.15, 0.2) is 72.8 Å². The molecule has 0 aromatic heterocycles. The zero-order valence-electron chi connectivity index (χ0n) is 47.9. The molecule has 4 rings (SSSR count). The molecule has 12 heteroatoms. The van der Waals surface area contributed by atoms with Gasteiger partial charge < -0.3 is 42.6 Å². The molecule has 424 valence electrons. The molecule has 1 atom stereocenters. The van der Waals surface area contributed by atoms with Crippen LogP contribution in [0.4, 0.5) is 0 Å². The number of carbonyl (C=O) groups excluding carboxylic acids is 3. The van der Waals surface area contributed by atoms with Crippen molar-refractivity contribution in [2.24, 2.45) is 5.92 Å². The highest BCUT2D eigenvalue weighted by Gasteiger charge is 2.21. The van der Waals surface area contributed by atoms with Crippen LogP contribution in [0.2, 0.25) is 0 Å². The molecule has 0 aliphatic carbocycles. The molecule has 0 saturated carbocycles. The van der Waals surface area contributed by atoms with Gasteiger partial charge in [-0.15, -0.1) is 0 Å². The zero-order chi connectivity index (χ0) is 55.3. The number of hydrogen-bond acceptors (Lipinski definition) is 12. The molecule has 0 aliphatic heterocycles. The number of carbonyl (C=O) groups is 3. The average molecular weight is 1070 g/mol. The molecular formula is C65H92O12. The maximum Gasteiger partial charge on any atom is 0.336 e. The molecule has 0 N–H and O–H groups in total. The standard InChI is InChI=1S/C65H92O12/c1-8-14-19-24-41-69-57-37-31-51(61(71-42-25-20-15-9-2)63(57)73-44-27-22-17-11-4)33-39-59(66)76-55-35-29-54-49-56(36-30-53(54)48-55)77-60(67)40-34-52-32-38-58(70-46-47-75-65(68)50(7)13-6)64(74-45-28-23-18-12-5)62(52)72-43-26-21-16-10-3/h29-40,48-50H,8-28,41-47H2,1-7H3/b39-33+,40-34+. The number of rotatable bonds is 42. The second kappa shape index (κ2) is 38.4.